The predicted molar refractivity (Wildman–Crippen MR) is 98.6 cm³/mol. The van der Waals surface area contributed by atoms with Gasteiger partial charge in [-0.25, -0.2) is 4.79 Å². The van der Waals surface area contributed by atoms with Crippen molar-refractivity contribution < 1.29 is 27.6 Å². The zero-order chi connectivity index (χ0) is 21.4. The number of carbonyl (C=O) groups excluding carboxylic acids is 3. The third-order valence-electron chi connectivity index (χ3n) is 5.66. The molecule has 0 aromatic heterocycles. The lowest BCUT2D eigenvalue weighted by atomic mass is 9.87. The summed E-state index contributed by atoms with van der Waals surface area (Å²) in [4.78, 5) is 36.7. The molecule has 4 amide bonds. The van der Waals surface area contributed by atoms with Crippen LogP contribution in [0.3, 0.4) is 0 Å². The Hall–Kier alpha value is -2.58. The Labute approximate surface area is 166 Å². The minimum atomic E-state index is -4.41. The first-order valence-corrected chi connectivity index (χ1v) is 9.60. The number of imide groups is 1. The number of halogens is 3. The SMILES string of the molecule is CC(C)C(Cc1ccc(C(F)(F)F)cc1)C(=O)NCC1(C2CC2)NC(=O)NC1=O. The van der Waals surface area contributed by atoms with Crippen LogP contribution in [0.1, 0.15) is 37.8 Å². The molecule has 1 aliphatic carbocycles. The maximum Gasteiger partial charge on any atom is 0.416 e. The lowest BCUT2D eigenvalue weighted by Crippen LogP contribution is -2.57. The van der Waals surface area contributed by atoms with E-state index in [2.05, 4.69) is 16.0 Å². The van der Waals surface area contributed by atoms with Crippen molar-refractivity contribution >= 4 is 17.8 Å². The molecular weight excluding hydrogens is 387 g/mol. The quantitative estimate of drug-likeness (QED) is 0.603. The van der Waals surface area contributed by atoms with Gasteiger partial charge in [0.25, 0.3) is 5.91 Å². The first kappa shape index (κ1) is 21.1. The Morgan fingerprint density at radius 3 is 2.28 bits per heavy atom. The minimum absolute atomic E-state index is 0.00962. The van der Waals surface area contributed by atoms with E-state index in [9.17, 15) is 27.6 Å². The smallest absolute Gasteiger partial charge is 0.353 e. The standard InChI is InChI=1S/C20H24F3N3O3/c1-11(2)15(9-12-3-5-14(6-4-12)20(21,22)23)16(27)24-10-19(13-7-8-13)17(28)25-18(29)26-19/h3-6,11,13,15H,7-10H2,1-2H3,(H,24,27)(H2,25,26,28,29). The van der Waals surface area contributed by atoms with Crippen LogP contribution in [-0.4, -0.2) is 29.9 Å². The molecule has 1 saturated heterocycles. The molecule has 2 aliphatic rings. The van der Waals surface area contributed by atoms with Crippen molar-refractivity contribution in [3.05, 3.63) is 35.4 Å². The third kappa shape index (κ3) is 4.54. The van der Waals surface area contributed by atoms with E-state index in [0.29, 0.717) is 5.56 Å². The number of urea groups is 1. The van der Waals surface area contributed by atoms with E-state index >= 15 is 0 Å². The molecule has 0 bridgehead atoms. The largest absolute Gasteiger partial charge is 0.416 e. The van der Waals surface area contributed by atoms with Gasteiger partial charge in [0, 0.05) is 5.92 Å². The molecular formula is C20H24F3N3O3. The van der Waals surface area contributed by atoms with E-state index in [1.807, 2.05) is 13.8 Å². The van der Waals surface area contributed by atoms with Crippen molar-refractivity contribution in [2.24, 2.45) is 17.8 Å². The van der Waals surface area contributed by atoms with Crippen molar-refractivity contribution in [3.63, 3.8) is 0 Å². The van der Waals surface area contributed by atoms with Gasteiger partial charge in [-0.2, -0.15) is 13.2 Å². The first-order valence-electron chi connectivity index (χ1n) is 9.60. The molecule has 3 rings (SSSR count). The maximum atomic E-state index is 12.8. The molecule has 158 valence electrons. The summed E-state index contributed by atoms with van der Waals surface area (Å²) in [6.45, 7) is 3.70. The van der Waals surface area contributed by atoms with Gasteiger partial charge in [-0.1, -0.05) is 26.0 Å². The van der Waals surface area contributed by atoms with Crippen LogP contribution in [0.4, 0.5) is 18.0 Å². The predicted octanol–water partition coefficient (Wildman–Crippen LogP) is 2.62. The van der Waals surface area contributed by atoms with E-state index in [0.717, 1.165) is 25.0 Å². The van der Waals surface area contributed by atoms with Crippen LogP contribution in [-0.2, 0) is 22.2 Å². The molecule has 29 heavy (non-hydrogen) atoms. The summed E-state index contributed by atoms with van der Waals surface area (Å²) in [6, 6.07) is 4.20. The monoisotopic (exact) mass is 411 g/mol. The summed E-state index contributed by atoms with van der Waals surface area (Å²) in [5, 5.41) is 7.66. The number of nitrogens with one attached hydrogen (secondary N) is 3. The zero-order valence-electron chi connectivity index (χ0n) is 16.2. The van der Waals surface area contributed by atoms with E-state index in [1.54, 1.807) is 0 Å². The van der Waals surface area contributed by atoms with Crippen LogP contribution in [0.5, 0.6) is 0 Å². The summed E-state index contributed by atoms with van der Waals surface area (Å²) in [5.41, 5.74) is -1.24. The summed E-state index contributed by atoms with van der Waals surface area (Å²) in [6.07, 6.45) is -2.54. The van der Waals surface area contributed by atoms with E-state index in [1.165, 1.54) is 12.1 Å². The van der Waals surface area contributed by atoms with Crippen molar-refractivity contribution in [1.82, 2.24) is 16.0 Å². The van der Waals surface area contributed by atoms with Gasteiger partial charge < -0.3 is 10.6 Å². The molecule has 1 aromatic rings. The minimum Gasteiger partial charge on any atom is -0.353 e. The fraction of sp³-hybridized carbons (Fsp3) is 0.550. The Morgan fingerprint density at radius 1 is 1.21 bits per heavy atom. The highest BCUT2D eigenvalue weighted by atomic mass is 19.4. The normalized spacial score (nSPS) is 23.0. The van der Waals surface area contributed by atoms with Crippen LogP contribution >= 0.6 is 0 Å². The van der Waals surface area contributed by atoms with Crippen molar-refractivity contribution in [2.45, 2.75) is 44.8 Å². The summed E-state index contributed by atoms with van der Waals surface area (Å²) < 4.78 is 38.2. The van der Waals surface area contributed by atoms with Crippen molar-refractivity contribution in [1.29, 1.82) is 0 Å². The Balaban J connectivity index is 1.67. The highest BCUT2D eigenvalue weighted by molar-refractivity contribution is 6.07. The van der Waals surface area contributed by atoms with Gasteiger partial charge in [-0.05, 0) is 48.8 Å². The Bertz CT molecular complexity index is 803. The second-order valence-electron chi connectivity index (χ2n) is 8.12. The van der Waals surface area contributed by atoms with Gasteiger partial charge in [0.15, 0.2) is 0 Å². The van der Waals surface area contributed by atoms with Crippen LogP contribution in [0, 0.1) is 17.8 Å². The second-order valence-corrected chi connectivity index (χ2v) is 8.12. The van der Waals surface area contributed by atoms with Crippen LogP contribution < -0.4 is 16.0 Å². The van der Waals surface area contributed by atoms with Crippen molar-refractivity contribution in [2.75, 3.05) is 6.54 Å². The van der Waals surface area contributed by atoms with Gasteiger partial charge >= 0.3 is 12.2 Å². The summed E-state index contributed by atoms with van der Waals surface area (Å²) in [7, 11) is 0. The molecule has 6 nitrogen and oxygen atoms in total. The topological polar surface area (TPSA) is 87.3 Å². The van der Waals surface area contributed by atoms with E-state index in [-0.39, 0.29) is 30.7 Å². The van der Waals surface area contributed by atoms with E-state index in [4.69, 9.17) is 0 Å². The van der Waals surface area contributed by atoms with Crippen LogP contribution in [0.25, 0.3) is 0 Å². The fourth-order valence-corrected chi connectivity index (χ4v) is 3.71. The molecule has 1 heterocycles. The van der Waals surface area contributed by atoms with Gasteiger partial charge in [0.05, 0.1) is 12.1 Å². The van der Waals surface area contributed by atoms with Crippen molar-refractivity contribution in [3.8, 4) is 0 Å². The number of benzene rings is 1. The highest BCUT2D eigenvalue weighted by Gasteiger charge is 2.56. The number of amides is 4. The summed E-state index contributed by atoms with van der Waals surface area (Å²) in [5.74, 6) is -1.30. The van der Waals surface area contributed by atoms with Gasteiger partial charge in [0.2, 0.25) is 5.91 Å². The molecule has 1 saturated carbocycles. The maximum absolute atomic E-state index is 12.8. The first-order chi connectivity index (χ1) is 13.5. The van der Waals surface area contributed by atoms with Gasteiger partial charge in [0.1, 0.15) is 5.54 Å². The van der Waals surface area contributed by atoms with Gasteiger partial charge in [-0.3, -0.25) is 14.9 Å². The molecule has 2 fully saturated rings. The number of carbonyl (C=O) groups is 3. The van der Waals surface area contributed by atoms with E-state index < -0.39 is 35.1 Å². The fourth-order valence-electron chi connectivity index (χ4n) is 3.71. The second kappa shape index (κ2) is 7.68. The van der Waals surface area contributed by atoms with Crippen LogP contribution in [0.15, 0.2) is 24.3 Å². The summed E-state index contributed by atoms with van der Waals surface area (Å²) >= 11 is 0. The molecule has 1 aromatic carbocycles. The molecule has 9 heteroatoms. The number of rotatable bonds is 7. The number of hydrogen-bond donors (Lipinski definition) is 3. The number of hydrogen-bond acceptors (Lipinski definition) is 3. The lowest BCUT2D eigenvalue weighted by molar-refractivity contribution is -0.137. The third-order valence-corrected chi connectivity index (χ3v) is 5.66. The zero-order valence-corrected chi connectivity index (χ0v) is 16.2. The molecule has 0 radical (unpaired) electrons. The lowest BCUT2D eigenvalue weighted by Gasteiger charge is -2.28. The Kier molecular flexibility index (Phi) is 5.60. The highest BCUT2D eigenvalue weighted by Crippen LogP contribution is 2.41. The van der Waals surface area contributed by atoms with Gasteiger partial charge in [-0.15, -0.1) is 0 Å². The average Bonchev–Trinajstić information content (AvgIpc) is 3.43. The average molecular weight is 411 g/mol. The molecule has 3 N–H and O–H groups in total. The van der Waals surface area contributed by atoms with Crippen LogP contribution in [0.2, 0.25) is 0 Å². The molecule has 1 aliphatic heterocycles. The molecule has 2 atom stereocenters. The number of alkyl halides is 3. The molecule has 0 spiro atoms. The molecule has 2 unspecified atom stereocenters. The Morgan fingerprint density at radius 2 is 1.83 bits per heavy atom.